The van der Waals surface area contributed by atoms with Crippen LogP contribution in [-0.4, -0.2) is 59.9 Å². The minimum Gasteiger partial charge on any atom is -0.496 e. The Kier molecular flexibility index (Phi) is 6.37. The lowest BCUT2D eigenvalue weighted by Gasteiger charge is -2.29. The number of hydrogen-bond acceptors (Lipinski definition) is 5. The molecule has 5 rings (SSSR count). The summed E-state index contributed by atoms with van der Waals surface area (Å²) in [4.78, 5) is 44.2. The molecule has 1 aliphatic carbocycles. The fourth-order valence-electron chi connectivity index (χ4n) is 6.17. The van der Waals surface area contributed by atoms with Crippen LogP contribution in [-0.2, 0) is 9.59 Å². The van der Waals surface area contributed by atoms with Crippen LogP contribution in [0.15, 0.2) is 24.3 Å². The molecule has 3 heterocycles. The molecule has 0 spiro atoms. The van der Waals surface area contributed by atoms with E-state index in [1.807, 2.05) is 18.2 Å². The average molecular weight is 478 g/mol. The predicted octanol–water partition coefficient (Wildman–Crippen LogP) is 2.34. The summed E-state index contributed by atoms with van der Waals surface area (Å²) in [5.41, 5.74) is 1.21. The summed E-state index contributed by atoms with van der Waals surface area (Å²) in [6.07, 6.45) is 4.77. The Morgan fingerprint density at radius 2 is 2.14 bits per heavy atom. The van der Waals surface area contributed by atoms with Crippen molar-refractivity contribution >= 4 is 28.6 Å². The first-order chi connectivity index (χ1) is 17.0. The molecule has 2 aromatic rings. The van der Waals surface area contributed by atoms with Crippen molar-refractivity contribution in [3.05, 3.63) is 30.0 Å². The van der Waals surface area contributed by atoms with Crippen LogP contribution in [0, 0.1) is 29.1 Å². The molecule has 5 atom stereocenters. The number of piperidine rings is 1. The van der Waals surface area contributed by atoms with E-state index in [2.05, 4.69) is 21.7 Å². The van der Waals surface area contributed by atoms with Crippen LogP contribution >= 0.6 is 0 Å². The zero-order chi connectivity index (χ0) is 24.5. The summed E-state index contributed by atoms with van der Waals surface area (Å²) in [6.45, 7) is 1.18. The van der Waals surface area contributed by atoms with E-state index in [-0.39, 0.29) is 41.9 Å². The van der Waals surface area contributed by atoms with Gasteiger partial charge in [0.05, 0.1) is 13.2 Å². The maximum absolute atomic E-state index is 13.6. The zero-order valence-electron chi connectivity index (χ0n) is 19.9. The number of fused-ring (bicyclic) bond motifs is 2. The number of carbonyl (C=O) groups excluding carboxylic acids is 3. The van der Waals surface area contributed by atoms with Gasteiger partial charge in [0.1, 0.15) is 23.5 Å². The number of nitriles is 1. The number of nitrogens with zero attached hydrogens (tertiary/aromatic N) is 2. The van der Waals surface area contributed by atoms with Gasteiger partial charge in [-0.2, -0.15) is 5.26 Å². The molecule has 184 valence electrons. The summed E-state index contributed by atoms with van der Waals surface area (Å²) >= 11 is 0. The van der Waals surface area contributed by atoms with Gasteiger partial charge < -0.3 is 25.3 Å². The van der Waals surface area contributed by atoms with Gasteiger partial charge in [0.15, 0.2) is 0 Å². The molecule has 3 unspecified atom stereocenters. The molecule has 1 saturated carbocycles. The minimum atomic E-state index is -0.772. The van der Waals surface area contributed by atoms with Crippen molar-refractivity contribution in [3.63, 3.8) is 0 Å². The number of ether oxygens (including phenoxy) is 1. The van der Waals surface area contributed by atoms with Crippen molar-refractivity contribution in [2.24, 2.45) is 17.8 Å². The Hall–Kier alpha value is -3.54. The molecule has 3 amide bonds. The summed E-state index contributed by atoms with van der Waals surface area (Å²) in [5.74, 6) is 0.161. The third-order valence-corrected chi connectivity index (χ3v) is 7.89. The van der Waals surface area contributed by atoms with E-state index in [1.54, 1.807) is 18.1 Å². The maximum Gasteiger partial charge on any atom is 0.271 e. The Morgan fingerprint density at radius 1 is 1.29 bits per heavy atom. The molecule has 0 radical (unpaired) electrons. The Morgan fingerprint density at radius 3 is 2.91 bits per heavy atom. The Bertz CT molecular complexity index is 1180. The number of hydrogen-bond donors (Lipinski definition) is 3. The number of carbonyl (C=O) groups is 3. The summed E-state index contributed by atoms with van der Waals surface area (Å²) in [7, 11) is 1.59. The van der Waals surface area contributed by atoms with Crippen molar-refractivity contribution in [2.45, 2.75) is 50.6 Å². The fraction of sp³-hybridized carbons (Fsp3) is 0.538. The van der Waals surface area contributed by atoms with E-state index in [0.29, 0.717) is 31.0 Å². The molecule has 3 fully saturated rings. The Labute approximate surface area is 204 Å². The molecule has 1 aromatic heterocycles. The molecule has 2 aliphatic heterocycles. The quantitative estimate of drug-likeness (QED) is 0.589. The van der Waals surface area contributed by atoms with Gasteiger partial charge in [0.2, 0.25) is 11.8 Å². The van der Waals surface area contributed by atoms with E-state index in [4.69, 9.17) is 4.74 Å². The third kappa shape index (κ3) is 4.33. The van der Waals surface area contributed by atoms with Crippen LogP contribution in [0.5, 0.6) is 5.75 Å². The van der Waals surface area contributed by atoms with Crippen molar-refractivity contribution in [1.82, 2.24) is 20.5 Å². The summed E-state index contributed by atoms with van der Waals surface area (Å²) in [5, 5.41) is 16.2. The van der Waals surface area contributed by atoms with Crippen LogP contribution in [0.2, 0.25) is 0 Å². The molecule has 1 aromatic carbocycles. The molecule has 2 saturated heterocycles. The van der Waals surface area contributed by atoms with Crippen molar-refractivity contribution in [1.29, 1.82) is 5.26 Å². The number of benzene rings is 1. The smallest absolute Gasteiger partial charge is 0.271 e. The number of H-pyrrole nitrogens is 1. The van der Waals surface area contributed by atoms with Gasteiger partial charge >= 0.3 is 0 Å². The van der Waals surface area contributed by atoms with Crippen LogP contribution in [0.1, 0.15) is 49.0 Å². The normalized spacial score (nSPS) is 26.6. The second kappa shape index (κ2) is 9.61. The van der Waals surface area contributed by atoms with Crippen molar-refractivity contribution in [3.8, 4) is 11.8 Å². The molecule has 9 nitrogen and oxygen atoms in total. The molecule has 9 heteroatoms. The standard InChI is InChI=1S/C26H31N5O4/c1-35-22-9-3-8-20-19(22)12-21(30-20)26(34)31-14-16-5-2-7-18(16)23(31)25(33)29-17(13-27)11-15-6-4-10-28-24(15)32/h3,8-9,12,15-18,23,30H,2,4-7,10-11,14H2,1H3,(H,28,32)(H,29,33)/t15-,16?,17?,18?,23-/m0/s1. The minimum absolute atomic E-state index is 0.0616. The van der Waals surface area contributed by atoms with Gasteiger partial charge in [0, 0.05) is 29.9 Å². The molecular formula is C26H31N5O4. The monoisotopic (exact) mass is 477 g/mol. The van der Waals surface area contributed by atoms with Gasteiger partial charge in [-0.3, -0.25) is 14.4 Å². The number of aromatic amines is 1. The van der Waals surface area contributed by atoms with E-state index in [1.165, 1.54) is 0 Å². The third-order valence-electron chi connectivity index (χ3n) is 7.89. The molecule has 3 aliphatic rings. The van der Waals surface area contributed by atoms with Gasteiger partial charge in [-0.25, -0.2) is 0 Å². The first-order valence-corrected chi connectivity index (χ1v) is 12.4. The molecular weight excluding hydrogens is 446 g/mol. The SMILES string of the molecule is COc1cccc2[nH]c(C(=O)N3CC4CCCC4[C@H]3C(=O)NC(C#N)C[C@@H]3CCCNC3=O)cc12. The number of nitrogens with one attached hydrogen (secondary N) is 3. The first-order valence-electron chi connectivity index (χ1n) is 12.4. The largest absolute Gasteiger partial charge is 0.496 e. The van der Waals surface area contributed by atoms with Crippen LogP contribution in [0.3, 0.4) is 0 Å². The van der Waals surface area contributed by atoms with E-state index >= 15 is 0 Å². The van der Waals surface area contributed by atoms with E-state index < -0.39 is 12.1 Å². The lowest BCUT2D eigenvalue weighted by molar-refractivity contribution is -0.129. The second-order valence-electron chi connectivity index (χ2n) is 9.92. The van der Waals surface area contributed by atoms with Crippen LogP contribution in [0.25, 0.3) is 10.9 Å². The number of aromatic nitrogens is 1. The summed E-state index contributed by atoms with van der Waals surface area (Å²) in [6, 6.07) is 8.12. The van der Waals surface area contributed by atoms with Gasteiger partial charge in [-0.1, -0.05) is 12.5 Å². The number of likely N-dealkylation sites (tertiary alicyclic amines) is 1. The highest BCUT2D eigenvalue weighted by Crippen LogP contribution is 2.43. The summed E-state index contributed by atoms with van der Waals surface area (Å²) < 4.78 is 5.42. The Balaban J connectivity index is 1.36. The van der Waals surface area contributed by atoms with E-state index in [0.717, 1.165) is 36.6 Å². The highest BCUT2D eigenvalue weighted by atomic mass is 16.5. The lowest BCUT2D eigenvalue weighted by Crippen LogP contribution is -2.51. The number of amides is 3. The number of rotatable bonds is 6. The average Bonchev–Trinajstić information content (AvgIpc) is 3.58. The van der Waals surface area contributed by atoms with Gasteiger partial charge in [0.25, 0.3) is 5.91 Å². The second-order valence-corrected chi connectivity index (χ2v) is 9.92. The molecule has 35 heavy (non-hydrogen) atoms. The van der Waals surface area contributed by atoms with Crippen molar-refractivity contribution in [2.75, 3.05) is 20.2 Å². The number of methoxy groups -OCH3 is 1. The van der Waals surface area contributed by atoms with Crippen LogP contribution < -0.4 is 15.4 Å². The molecule has 3 N–H and O–H groups in total. The fourth-order valence-corrected chi connectivity index (χ4v) is 6.17. The predicted molar refractivity (Wildman–Crippen MR) is 128 cm³/mol. The van der Waals surface area contributed by atoms with E-state index in [9.17, 15) is 19.6 Å². The highest BCUT2D eigenvalue weighted by molar-refractivity contribution is 6.02. The zero-order valence-corrected chi connectivity index (χ0v) is 19.9. The van der Waals surface area contributed by atoms with Crippen LogP contribution in [0.4, 0.5) is 0 Å². The topological polar surface area (TPSA) is 127 Å². The van der Waals surface area contributed by atoms with Gasteiger partial charge in [-0.15, -0.1) is 0 Å². The first kappa shape index (κ1) is 23.2. The maximum atomic E-state index is 13.6. The molecule has 0 bridgehead atoms. The van der Waals surface area contributed by atoms with Crippen molar-refractivity contribution < 1.29 is 19.1 Å². The highest BCUT2D eigenvalue weighted by Gasteiger charge is 2.50. The lowest BCUT2D eigenvalue weighted by atomic mass is 9.91. The van der Waals surface area contributed by atoms with Gasteiger partial charge in [-0.05, 0) is 62.1 Å².